The summed E-state index contributed by atoms with van der Waals surface area (Å²) in [5.74, 6) is 1.21. The van der Waals surface area contributed by atoms with Crippen molar-refractivity contribution in [3.8, 4) is 5.75 Å². The van der Waals surface area contributed by atoms with E-state index in [-0.39, 0.29) is 5.78 Å². The van der Waals surface area contributed by atoms with Crippen molar-refractivity contribution >= 4 is 5.78 Å². The standard InChI is InChI=1S/C19H28O2/c1-2-3-4-5-6-7-8-15-21-19-14-10-11-16-17(19)12-9-13-18(16)20/h10-11,14H,2-9,12-13,15H2,1H3. The number of rotatable bonds is 9. The minimum absolute atomic E-state index is 0.276. The second-order valence-corrected chi connectivity index (χ2v) is 6.03. The van der Waals surface area contributed by atoms with Gasteiger partial charge in [-0.1, -0.05) is 57.6 Å². The highest BCUT2D eigenvalue weighted by atomic mass is 16.5. The predicted molar refractivity (Wildman–Crippen MR) is 87.2 cm³/mol. The molecule has 1 aromatic rings. The number of fused-ring (bicyclic) bond motifs is 1. The lowest BCUT2D eigenvalue weighted by atomic mass is 9.90. The molecule has 0 aromatic heterocycles. The maximum atomic E-state index is 11.9. The van der Waals surface area contributed by atoms with Crippen LogP contribution in [0.25, 0.3) is 0 Å². The van der Waals surface area contributed by atoms with Gasteiger partial charge in [0, 0.05) is 17.5 Å². The first-order chi connectivity index (χ1) is 10.3. The molecule has 0 spiro atoms. The summed E-state index contributed by atoms with van der Waals surface area (Å²) in [7, 11) is 0. The molecule has 0 fully saturated rings. The van der Waals surface area contributed by atoms with Crippen LogP contribution in [0.4, 0.5) is 0 Å². The van der Waals surface area contributed by atoms with Gasteiger partial charge in [-0.3, -0.25) is 4.79 Å². The monoisotopic (exact) mass is 288 g/mol. The van der Waals surface area contributed by atoms with Crippen LogP contribution in [0.5, 0.6) is 5.75 Å². The molecule has 0 saturated carbocycles. The highest BCUT2D eigenvalue weighted by molar-refractivity contribution is 5.99. The number of hydrogen-bond donors (Lipinski definition) is 0. The van der Waals surface area contributed by atoms with Crippen molar-refractivity contribution in [2.24, 2.45) is 0 Å². The molecule has 0 radical (unpaired) electrons. The Kier molecular flexibility index (Phi) is 6.78. The van der Waals surface area contributed by atoms with Gasteiger partial charge in [-0.05, 0) is 25.3 Å². The second-order valence-electron chi connectivity index (χ2n) is 6.03. The van der Waals surface area contributed by atoms with E-state index < -0.39 is 0 Å². The van der Waals surface area contributed by atoms with E-state index in [1.165, 1.54) is 38.5 Å². The number of carbonyl (C=O) groups is 1. The summed E-state index contributed by atoms with van der Waals surface area (Å²) in [6.45, 7) is 3.03. The van der Waals surface area contributed by atoms with Crippen LogP contribution in [0, 0.1) is 0 Å². The average Bonchev–Trinajstić information content (AvgIpc) is 2.51. The molecule has 2 rings (SSSR count). The molecule has 2 nitrogen and oxygen atoms in total. The van der Waals surface area contributed by atoms with Crippen LogP contribution in [0.1, 0.15) is 80.6 Å². The van der Waals surface area contributed by atoms with Crippen molar-refractivity contribution in [3.05, 3.63) is 29.3 Å². The smallest absolute Gasteiger partial charge is 0.163 e. The van der Waals surface area contributed by atoms with E-state index in [9.17, 15) is 4.79 Å². The molecule has 1 aliphatic rings. The van der Waals surface area contributed by atoms with Gasteiger partial charge in [0.15, 0.2) is 5.78 Å². The quantitative estimate of drug-likeness (QED) is 0.574. The molecule has 0 amide bonds. The largest absolute Gasteiger partial charge is 0.493 e. The first kappa shape index (κ1) is 16.1. The minimum atomic E-state index is 0.276. The third-order valence-electron chi connectivity index (χ3n) is 4.27. The Labute approximate surface area is 128 Å². The molecule has 0 bridgehead atoms. The van der Waals surface area contributed by atoms with Gasteiger partial charge < -0.3 is 4.74 Å². The van der Waals surface area contributed by atoms with Crippen LogP contribution < -0.4 is 4.74 Å². The van der Waals surface area contributed by atoms with Crippen LogP contribution in [-0.2, 0) is 6.42 Å². The Morgan fingerprint density at radius 2 is 1.76 bits per heavy atom. The van der Waals surface area contributed by atoms with Crippen molar-refractivity contribution < 1.29 is 9.53 Å². The number of ether oxygens (including phenoxy) is 1. The van der Waals surface area contributed by atoms with Gasteiger partial charge in [-0.25, -0.2) is 0 Å². The summed E-state index contributed by atoms with van der Waals surface area (Å²) >= 11 is 0. The van der Waals surface area contributed by atoms with E-state index in [1.54, 1.807) is 0 Å². The molecule has 1 aromatic carbocycles. The maximum Gasteiger partial charge on any atom is 0.163 e. The highest BCUT2D eigenvalue weighted by Gasteiger charge is 2.19. The summed E-state index contributed by atoms with van der Waals surface area (Å²) in [5, 5.41) is 0. The lowest BCUT2D eigenvalue weighted by molar-refractivity contribution is 0.0971. The van der Waals surface area contributed by atoms with Crippen LogP contribution >= 0.6 is 0 Å². The summed E-state index contributed by atoms with van der Waals surface area (Å²) < 4.78 is 5.93. The number of benzene rings is 1. The van der Waals surface area contributed by atoms with Crippen molar-refractivity contribution in [1.82, 2.24) is 0 Å². The summed E-state index contributed by atoms with van der Waals surface area (Å²) in [6, 6.07) is 5.90. The van der Waals surface area contributed by atoms with Crippen molar-refractivity contribution in [3.63, 3.8) is 0 Å². The van der Waals surface area contributed by atoms with Crippen LogP contribution in [-0.4, -0.2) is 12.4 Å². The van der Waals surface area contributed by atoms with Crippen molar-refractivity contribution in [2.75, 3.05) is 6.61 Å². The van der Waals surface area contributed by atoms with Gasteiger partial charge in [0.25, 0.3) is 0 Å². The number of carbonyl (C=O) groups excluding carboxylic acids is 1. The number of unbranched alkanes of at least 4 members (excludes halogenated alkanes) is 6. The minimum Gasteiger partial charge on any atom is -0.493 e. The van der Waals surface area contributed by atoms with E-state index in [0.717, 1.165) is 42.7 Å². The zero-order chi connectivity index (χ0) is 14.9. The molecule has 0 saturated heterocycles. The van der Waals surface area contributed by atoms with Gasteiger partial charge in [-0.15, -0.1) is 0 Å². The first-order valence-corrected chi connectivity index (χ1v) is 8.61. The van der Waals surface area contributed by atoms with E-state index in [2.05, 4.69) is 6.92 Å². The average molecular weight is 288 g/mol. The molecule has 0 atom stereocenters. The fraction of sp³-hybridized carbons (Fsp3) is 0.632. The van der Waals surface area contributed by atoms with Crippen LogP contribution in [0.3, 0.4) is 0 Å². The van der Waals surface area contributed by atoms with Gasteiger partial charge in [-0.2, -0.15) is 0 Å². The number of Topliss-reactive ketones (excluding diaryl/α,β-unsaturated/α-hetero) is 1. The van der Waals surface area contributed by atoms with E-state index in [1.807, 2.05) is 18.2 Å². The Bertz CT molecular complexity index is 451. The number of hydrogen-bond acceptors (Lipinski definition) is 2. The van der Waals surface area contributed by atoms with Crippen LogP contribution in [0.15, 0.2) is 18.2 Å². The molecular formula is C19H28O2. The molecule has 1 aliphatic carbocycles. The fourth-order valence-electron chi connectivity index (χ4n) is 3.02. The fourth-order valence-corrected chi connectivity index (χ4v) is 3.02. The van der Waals surface area contributed by atoms with Crippen LogP contribution in [0.2, 0.25) is 0 Å². The first-order valence-electron chi connectivity index (χ1n) is 8.61. The zero-order valence-corrected chi connectivity index (χ0v) is 13.3. The van der Waals surface area contributed by atoms with Gasteiger partial charge in [0.1, 0.15) is 5.75 Å². The normalized spacial score (nSPS) is 14.0. The zero-order valence-electron chi connectivity index (χ0n) is 13.3. The molecule has 0 unspecified atom stereocenters. The Balaban J connectivity index is 1.72. The third kappa shape index (κ3) is 4.87. The molecular weight excluding hydrogens is 260 g/mol. The van der Waals surface area contributed by atoms with Crippen molar-refractivity contribution in [1.29, 1.82) is 0 Å². The second kappa shape index (κ2) is 8.86. The molecule has 0 aliphatic heterocycles. The van der Waals surface area contributed by atoms with Crippen molar-refractivity contribution in [2.45, 2.75) is 71.1 Å². The van der Waals surface area contributed by atoms with Gasteiger partial charge in [0.05, 0.1) is 6.61 Å². The Hall–Kier alpha value is -1.31. The summed E-state index contributed by atoms with van der Waals surface area (Å²) in [4.78, 5) is 11.9. The summed E-state index contributed by atoms with van der Waals surface area (Å²) in [6.07, 6.45) is 11.7. The maximum absolute atomic E-state index is 11.9. The summed E-state index contributed by atoms with van der Waals surface area (Å²) in [5.41, 5.74) is 2.02. The Morgan fingerprint density at radius 3 is 2.57 bits per heavy atom. The third-order valence-corrected chi connectivity index (χ3v) is 4.27. The molecule has 116 valence electrons. The van der Waals surface area contributed by atoms with E-state index >= 15 is 0 Å². The van der Waals surface area contributed by atoms with Gasteiger partial charge in [0.2, 0.25) is 0 Å². The molecule has 2 heteroatoms. The van der Waals surface area contributed by atoms with E-state index in [4.69, 9.17) is 4.74 Å². The Morgan fingerprint density at radius 1 is 1.00 bits per heavy atom. The topological polar surface area (TPSA) is 26.3 Å². The molecule has 21 heavy (non-hydrogen) atoms. The lowest BCUT2D eigenvalue weighted by Crippen LogP contribution is -2.12. The SMILES string of the molecule is CCCCCCCCCOc1cccc2c1CCCC2=O. The van der Waals surface area contributed by atoms with Gasteiger partial charge >= 0.3 is 0 Å². The molecule has 0 N–H and O–H groups in total. The van der Waals surface area contributed by atoms with E-state index in [0.29, 0.717) is 6.42 Å². The molecule has 0 heterocycles. The lowest BCUT2D eigenvalue weighted by Gasteiger charge is -2.18. The predicted octanol–water partition coefficient (Wildman–Crippen LogP) is 5.34. The number of ketones is 1. The highest BCUT2D eigenvalue weighted by Crippen LogP contribution is 2.29.